The molecule has 0 bridgehead atoms. The summed E-state index contributed by atoms with van der Waals surface area (Å²) in [5, 5.41) is 0. The molecule has 0 aromatic rings. The summed E-state index contributed by atoms with van der Waals surface area (Å²) in [6.45, 7) is 3.96. The lowest BCUT2D eigenvalue weighted by Crippen LogP contribution is -2.41. The Balaban J connectivity index is 1.81. The molecule has 0 aromatic heterocycles. The molecule has 100 valence electrons. The van der Waals surface area contributed by atoms with Crippen molar-refractivity contribution in [2.45, 2.75) is 69.6 Å². The van der Waals surface area contributed by atoms with E-state index >= 15 is 0 Å². The Labute approximate surface area is 106 Å². The highest BCUT2D eigenvalue weighted by Gasteiger charge is 2.40. The number of nitrogens with zero attached hydrogens (tertiary/aromatic N) is 1. The molecule has 1 saturated heterocycles. The van der Waals surface area contributed by atoms with Gasteiger partial charge in [0.25, 0.3) is 0 Å². The number of ether oxygens (including phenoxy) is 1. The van der Waals surface area contributed by atoms with Crippen molar-refractivity contribution in [3.05, 3.63) is 0 Å². The molecule has 1 aliphatic heterocycles. The van der Waals surface area contributed by atoms with Crippen molar-refractivity contribution in [1.82, 2.24) is 4.90 Å². The molecule has 1 saturated carbocycles. The predicted molar refractivity (Wildman–Crippen MR) is 71.1 cm³/mol. The van der Waals surface area contributed by atoms with Crippen LogP contribution in [0.4, 0.5) is 0 Å². The normalized spacial score (nSPS) is 30.0. The lowest BCUT2D eigenvalue weighted by Gasteiger charge is -2.34. The highest BCUT2D eigenvalue weighted by Crippen LogP contribution is 2.41. The van der Waals surface area contributed by atoms with Gasteiger partial charge in [0.1, 0.15) is 0 Å². The van der Waals surface area contributed by atoms with E-state index in [-0.39, 0.29) is 5.60 Å². The third-order valence-electron chi connectivity index (χ3n) is 4.69. The second-order valence-electron chi connectivity index (χ2n) is 6.05. The first-order chi connectivity index (χ1) is 8.15. The molecule has 2 N–H and O–H groups in total. The fraction of sp³-hybridized carbons (Fsp3) is 1.00. The fourth-order valence-corrected chi connectivity index (χ4v) is 3.27. The molecule has 2 atom stereocenters. The van der Waals surface area contributed by atoms with Crippen molar-refractivity contribution in [2.24, 2.45) is 5.73 Å². The van der Waals surface area contributed by atoms with E-state index in [1.165, 1.54) is 44.9 Å². The van der Waals surface area contributed by atoms with Crippen LogP contribution >= 0.6 is 0 Å². The van der Waals surface area contributed by atoms with Gasteiger partial charge in [-0.1, -0.05) is 19.3 Å². The Hall–Kier alpha value is -0.120. The van der Waals surface area contributed by atoms with Crippen LogP contribution in [0.5, 0.6) is 0 Å². The van der Waals surface area contributed by atoms with Crippen molar-refractivity contribution < 1.29 is 4.74 Å². The molecule has 2 fully saturated rings. The SMILES string of the molecule is CC(CN)N(C)CC1CCC2(CCCCC2)O1. The van der Waals surface area contributed by atoms with E-state index in [1.54, 1.807) is 0 Å². The van der Waals surface area contributed by atoms with E-state index in [4.69, 9.17) is 10.5 Å². The zero-order valence-electron chi connectivity index (χ0n) is 11.5. The van der Waals surface area contributed by atoms with E-state index < -0.39 is 0 Å². The Bertz CT molecular complexity index is 238. The van der Waals surface area contributed by atoms with Crippen LogP contribution < -0.4 is 5.73 Å². The summed E-state index contributed by atoms with van der Waals surface area (Å²) in [7, 11) is 2.16. The Kier molecular flexibility index (Phi) is 4.45. The maximum atomic E-state index is 6.37. The zero-order chi connectivity index (χ0) is 12.3. The van der Waals surface area contributed by atoms with Gasteiger partial charge in [-0.2, -0.15) is 0 Å². The first kappa shape index (κ1) is 13.3. The third-order valence-corrected chi connectivity index (χ3v) is 4.69. The Morgan fingerprint density at radius 2 is 2.00 bits per heavy atom. The highest BCUT2D eigenvalue weighted by atomic mass is 16.5. The van der Waals surface area contributed by atoms with Crippen LogP contribution in [0.3, 0.4) is 0 Å². The molecule has 2 rings (SSSR count). The summed E-state index contributed by atoms with van der Waals surface area (Å²) >= 11 is 0. The minimum absolute atomic E-state index is 0.260. The quantitative estimate of drug-likeness (QED) is 0.818. The molecule has 0 radical (unpaired) electrons. The maximum absolute atomic E-state index is 6.37. The average molecular weight is 240 g/mol. The largest absolute Gasteiger partial charge is 0.370 e. The summed E-state index contributed by atoms with van der Waals surface area (Å²) in [5.41, 5.74) is 5.96. The molecule has 3 heteroatoms. The van der Waals surface area contributed by atoms with Crippen molar-refractivity contribution in [1.29, 1.82) is 0 Å². The van der Waals surface area contributed by atoms with Crippen molar-refractivity contribution in [2.75, 3.05) is 20.1 Å². The van der Waals surface area contributed by atoms with Crippen LogP contribution in [0.2, 0.25) is 0 Å². The third kappa shape index (κ3) is 3.21. The van der Waals surface area contributed by atoms with E-state index in [2.05, 4.69) is 18.9 Å². The summed E-state index contributed by atoms with van der Waals surface area (Å²) in [6.07, 6.45) is 9.67. The minimum atomic E-state index is 0.260. The lowest BCUT2D eigenvalue weighted by atomic mass is 9.83. The van der Waals surface area contributed by atoms with Crippen molar-refractivity contribution in [3.8, 4) is 0 Å². The Morgan fingerprint density at radius 1 is 1.29 bits per heavy atom. The van der Waals surface area contributed by atoms with Gasteiger partial charge >= 0.3 is 0 Å². The van der Waals surface area contributed by atoms with E-state index in [0.717, 1.165) is 13.1 Å². The van der Waals surface area contributed by atoms with E-state index in [1.807, 2.05) is 0 Å². The van der Waals surface area contributed by atoms with Gasteiger partial charge in [-0.3, -0.25) is 4.90 Å². The molecular weight excluding hydrogens is 212 g/mol. The maximum Gasteiger partial charge on any atom is 0.0710 e. The second-order valence-corrected chi connectivity index (χ2v) is 6.05. The van der Waals surface area contributed by atoms with Crippen LogP contribution in [0.15, 0.2) is 0 Å². The summed E-state index contributed by atoms with van der Waals surface area (Å²) in [5.74, 6) is 0. The first-order valence-corrected chi connectivity index (χ1v) is 7.23. The number of hydrogen-bond acceptors (Lipinski definition) is 3. The van der Waals surface area contributed by atoms with Gasteiger partial charge in [0.15, 0.2) is 0 Å². The minimum Gasteiger partial charge on any atom is -0.370 e. The van der Waals surface area contributed by atoms with Crippen LogP contribution in [0.1, 0.15) is 51.9 Å². The van der Waals surface area contributed by atoms with Gasteiger partial charge in [-0.15, -0.1) is 0 Å². The molecule has 0 amide bonds. The number of nitrogens with two attached hydrogens (primary N) is 1. The summed E-state index contributed by atoms with van der Waals surface area (Å²) < 4.78 is 6.37. The number of hydrogen-bond donors (Lipinski definition) is 1. The summed E-state index contributed by atoms with van der Waals surface area (Å²) in [6, 6.07) is 0.460. The molecule has 1 aliphatic carbocycles. The topological polar surface area (TPSA) is 38.5 Å². The average Bonchev–Trinajstić information content (AvgIpc) is 2.72. The molecule has 2 unspecified atom stereocenters. The molecular formula is C14H28N2O. The van der Waals surface area contributed by atoms with Crippen molar-refractivity contribution >= 4 is 0 Å². The van der Waals surface area contributed by atoms with Gasteiger partial charge in [-0.05, 0) is 39.7 Å². The first-order valence-electron chi connectivity index (χ1n) is 7.23. The predicted octanol–water partition coefficient (Wildman–Crippen LogP) is 2.15. The fourth-order valence-electron chi connectivity index (χ4n) is 3.27. The van der Waals surface area contributed by atoms with Crippen molar-refractivity contribution in [3.63, 3.8) is 0 Å². The molecule has 3 nitrogen and oxygen atoms in total. The standard InChI is InChI=1S/C14H28N2O/c1-12(10-15)16(2)11-13-6-9-14(17-13)7-4-3-5-8-14/h12-13H,3-11,15H2,1-2H3. The molecule has 1 heterocycles. The summed E-state index contributed by atoms with van der Waals surface area (Å²) in [4.78, 5) is 2.34. The van der Waals surface area contributed by atoms with E-state index in [0.29, 0.717) is 12.1 Å². The number of likely N-dealkylation sites (N-methyl/N-ethyl adjacent to an activating group) is 1. The smallest absolute Gasteiger partial charge is 0.0710 e. The van der Waals surface area contributed by atoms with Crippen LogP contribution in [0.25, 0.3) is 0 Å². The van der Waals surface area contributed by atoms with Gasteiger partial charge in [0.05, 0.1) is 11.7 Å². The molecule has 1 spiro atoms. The van der Waals surface area contributed by atoms with Gasteiger partial charge < -0.3 is 10.5 Å². The van der Waals surface area contributed by atoms with Crippen LogP contribution in [-0.2, 0) is 4.74 Å². The van der Waals surface area contributed by atoms with Gasteiger partial charge in [-0.25, -0.2) is 0 Å². The zero-order valence-corrected chi connectivity index (χ0v) is 11.5. The number of rotatable bonds is 4. The van der Waals surface area contributed by atoms with E-state index in [9.17, 15) is 0 Å². The molecule has 0 aromatic carbocycles. The highest BCUT2D eigenvalue weighted by molar-refractivity contribution is 4.92. The van der Waals surface area contributed by atoms with Crippen LogP contribution in [-0.4, -0.2) is 42.8 Å². The molecule has 17 heavy (non-hydrogen) atoms. The van der Waals surface area contributed by atoms with Crippen LogP contribution in [0, 0.1) is 0 Å². The molecule has 2 aliphatic rings. The monoisotopic (exact) mass is 240 g/mol. The Morgan fingerprint density at radius 3 is 2.65 bits per heavy atom. The van der Waals surface area contributed by atoms with Gasteiger partial charge in [0.2, 0.25) is 0 Å². The second kappa shape index (κ2) is 5.68. The lowest BCUT2D eigenvalue weighted by molar-refractivity contribution is -0.0720. The van der Waals surface area contributed by atoms with Gasteiger partial charge in [0, 0.05) is 19.1 Å².